The van der Waals surface area contributed by atoms with Gasteiger partial charge in [0.05, 0.1) is 14.2 Å². The van der Waals surface area contributed by atoms with Gasteiger partial charge in [0.25, 0.3) is 0 Å². The SMILES string of the molecule is COc1ccc(C(=O)/C=C/c2ccccc2OC(=O)c2c(-c3ccccc3)oc3ccc(OC)cc23)cc1. The van der Waals surface area contributed by atoms with Crippen LogP contribution in [0.1, 0.15) is 26.3 Å². The van der Waals surface area contributed by atoms with Gasteiger partial charge in [-0.3, -0.25) is 4.79 Å². The normalized spacial score (nSPS) is 11.0. The molecule has 38 heavy (non-hydrogen) atoms. The van der Waals surface area contributed by atoms with Crippen molar-refractivity contribution in [3.63, 3.8) is 0 Å². The fourth-order valence-corrected chi connectivity index (χ4v) is 4.08. The first-order chi connectivity index (χ1) is 18.6. The molecule has 0 atom stereocenters. The summed E-state index contributed by atoms with van der Waals surface area (Å²) in [4.78, 5) is 26.3. The molecule has 0 aliphatic carbocycles. The summed E-state index contributed by atoms with van der Waals surface area (Å²) in [6.45, 7) is 0. The lowest BCUT2D eigenvalue weighted by Crippen LogP contribution is -2.10. The average Bonchev–Trinajstić information content (AvgIpc) is 3.36. The van der Waals surface area contributed by atoms with Crippen molar-refractivity contribution in [1.82, 2.24) is 0 Å². The summed E-state index contributed by atoms with van der Waals surface area (Å²) in [6, 6.07) is 28.5. The number of ether oxygens (including phenoxy) is 3. The number of para-hydroxylation sites is 1. The van der Waals surface area contributed by atoms with Gasteiger partial charge in [0, 0.05) is 22.1 Å². The van der Waals surface area contributed by atoms with Gasteiger partial charge in [0.15, 0.2) is 5.78 Å². The van der Waals surface area contributed by atoms with Crippen LogP contribution >= 0.6 is 0 Å². The number of rotatable bonds is 8. The predicted octanol–water partition coefficient (Wildman–Crippen LogP) is 7.23. The molecule has 4 aromatic carbocycles. The van der Waals surface area contributed by atoms with E-state index in [1.165, 1.54) is 6.08 Å². The number of hydrogen-bond acceptors (Lipinski definition) is 6. The summed E-state index contributed by atoms with van der Waals surface area (Å²) in [6.07, 6.45) is 3.08. The maximum absolute atomic E-state index is 13.6. The fourth-order valence-electron chi connectivity index (χ4n) is 4.08. The molecule has 0 fully saturated rings. The molecule has 0 bridgehead atoms. The molecule has 1 heterocycles. The van der Waals surface area contributed by atoms with Gasteiger partial charge in [-0.1, -0.05) is 48.5 Å². The third-order valence-corrected chi connectivity index (χ3v) is 6.05. The van der Waals surface area contributed by atoms with Gasteiger partial charge >= 0.3 is 5.97 Å². The number of fused-ring (bicyclic) bond motifs is 1. The quantitative estimate of drug-likeness (QED) is 0.0960. The molecule has 188 valence electrons. The first-order valence-electron chi connectivity index (χ1n) is 11.9. The second kappa shape index (κ2) is 10.9. The molecule has 6 heteroatoms. The average molecular weight is 505 g/mol. The molecule has 6 nitrogen and oxygen atoms in total. The Morgan fingerprint density at radius 3 is 2.18 bits per heavy atom. The minimum Gasteiger partial charge on any atom is -0.497 e. The van der Waals surface area contributed by atoms with Gasteiger partial charge in [-0.15, -0.1) is 0 Å². The summed E-state index contributed by atoms with van der Waals surface area (Å²) in [5.41, 5.74) is 2.66. The van der Waals surface area contributed by atoms with Gasteiger partial charge in [0.1, 0.15) is 34.2 Å². The van der Waals surface area contributed by atoms with E-state index in [2.05, 4.69) is 0 Å². The van der Waals surface area contributed by atoms with Crippen LogP contribution in [-0.4, -0.2) is 26.0 Å². The second-order valence-electron chi connectivity index (χ2n) is 8.39. The summed E-state index contributed by atoms with van der Waals surface area (Å²) in [7, 11) is 3.13. The molecule has 0 spiro atoms. The maximum atomic E-state index is 13.6. The second-order valence-corrected chi connectivity index (χ2v) is 8.39. The topological polar surface area (TPSA) is 75.0 Å². The van der Waals surface area contributed by atoms with Gasteiger partial charge in [-0.25, -0.2) is 4.79 Å². The van der Waals surface area contributed by atoms with Crippen LogP contribution in [0.3, 0.4) is 0 Å². The van der Waals surface area contributed by atoms with Crippen molar-refractivity contribution in [3.8, 4) is 28.6 Å². The number of carbonyl (C=O) groups is 2. The summed E-state index contributed by atoms with van der Waals surface area (Å²) in [5.74, 6) is 1.20. The molecular weight excluding hydrogens is 480 g/mol. The van der Waals surface area contributed by atoms with Crippen molar-refractivity contribution in [1.29, 1.82) is 0 Å². The molecule has 0 amide bonds. The summed E-state index contributed by atoms with van der Waals surface area (Å²) >= 11 is 0. The Morgan fingerprint density at radius 1 is 0.763 bits per heavy atom. The first-order valence-corrected chi connectivity index (χ1v) is 11.9. The number of ketones is 1. The number of methoxy groups -OCH3 is 2. The van der Waals surface area contributed by atoms with Crippen molar-refractivity contribution in [2.75, 3.05) is 14.2 Å². The van der Waals surface area contributed by atoms with E-state index in [0.29, 0.717) is 45.1 Å². The van der Waals surface area contributed by atoms with Crippen LogP contribution in [0.4, 0.5) is 0 Å². The van der Waals surface area contributed by atoms with Gasteiger partial charge in [0.2, 0.25) is 0 Å². The number of esters is 1. The zero-order valence-electron chi connectivity index (χ0n) is 20.8. The summed E-state index contributed by atoms with van der Waals surface area (Å²) < 4.78 is 22.5. The number of carbonyl (C=O) groups excluding carboxylic acids is 2. The highest BCUT2D eigenvalue weighted by Gasteiger charge is 2.25. The molecule has 0 aliphatic rings. The standard InChI is InChI=1S/C32H24O6/c1-35-24-15-12-21(13-16-24)27(33)18-14-22-8-6-7-11-28(22)38-32(34)30-26-20-25(36-2)17-19-29(26)37-31(30)23-9-4-3-5-10-23/h3-20H,1-2H3/b18-14+. The van der Waals surface area contributed by atoms with E-state index in [9.17, 15) is 9.59 Å². The molecule has 0 saturated heterocycles. The molecule has 0 saturated carbocycles. The van der Waals surface area contributed by atoms with E-state index in [0.717, 1.165) is 5.56 Å². The van der Waals surface area contributed by atoms with Crippen LogP contribution in [0.5, 0.6) is 17.2 Å². The Bertz CT molecular complexity index is 1630. The molecule has 5 rings (SSSR count). The van der Waals surface area contributed by atoms with Crippen molar-refractivity contribution in [3.05, 3.63) is 120 Å². The minimum absolute atomic E-state index is 0.187. The third kappa shape index (κ3) is 5.06. The van der Waals surface area contributed by atoms with E-state index >= 15 is 0 Å². The Morgan fingerprint density at radius 2 is 1.45 bits per heavy atom. The Balaban J connectivity index is 1.48. The van der Waals surface area contributed by atoms with E-state index < -0.39 is 5.97 Å². The summed E-state index contributed by atoms with van der Waals surface area (Å²) in [5, 5.41) is 0.580. The molecule has 1 aromatic heterocycles. The van der Waals surface area contributed by atoms with E-state index in [1.807, 2.05) is 36.4 Å². The smallest absolute Gasteiger partial charge is 0.348 e. The molecule has 0 aliphatic heterocycles. The Labute approximate surface area is 219 Å². The molecule has 0 N–H and O–H groups in total. The van der Waals surface area contributed by atoms with Crippen molar-refractivity contribution in [2.24, 2.45) is 0 Å². The number of hydrogen-bond donors (Lipinski definition) is 0. The molecule has 5 aromatic rings. The van der Waals surface area contributed by atoms with Crippen LogP contribution in [0.25, 0.3) is 28.4 Å². The van der Waals surface area contributed by atoms with Crippen molar-refractivity contribution < 1.29 is 28.2 Å². The first kappa shape index (κ1) is 24.6. The minimum atomic E-state index is -0.585. The number of benzene rings is 4. The molecule has 0 unspecified atom stereocenters. The van der Waals surface area contributed by atoms with E-state index in [4.69, 9.17) is 18.6 Å². The Kier molecular flexibility index (Phi) is 7.04. The highest BCUT2D eigenvalue weighted by Crippen LogP contribution is 2.36. The molecular formula is C32H24O6. The zero-order valence-corrected chi connectivity index (χ0v) is 20.8. The Hall–Kier alpha value is -5.10. The molecule has 0 radical (unpaired) electrons. The van der Waals surface area contributed by atoms with Crippen LogP contribution in [0.15, 0.2) is 108 Å². The fraction of sp³-hybridized carbons (Fsp3) is 0.0625. The van der Waals surface area contributed by atoms with Crippen molar-refractivity contribution >= 4 is 28.8 Å². The maximum Gasteiger partial charge on any atom is 0.348 e. The van der Waals surface area contributed by atoms with Crippen LogP contribution in [-0.2, 0) is 0 Å². The van der Waals surface area contributed by atoms with Crippen LogP contribution in [0, 0.1) is 0 Å². The zero-order chi connectivity index (χ0) is 26.5. The van der Waals surface area contributed by atoms with E-state index in [-0.39, 0.29) is 11.3 Å². The lowest BCUT2D eigenvalue weighted by atomic mass is 10.1. The third-order valence-electron chi connectivity index (χ3n) is 6.05. The lowest BCUT2D eigenvalue weighted by molar-refractivity contribution is 0.0736. The van der Waals surface area contributed by atoms with Gasteiger partial charge in [-0.2, -0.15) is 0 Å². The highest BCUT2D eigenvalue weighted by atomic mass is 16.5. The van der Waals surface area contributed by atoms with Crippen LogP contribution in [0.2, 0.25) is 0 Å². The number of furan rings is 1. The van der Waals surface area contributed by atoms with E-state index in [1.54, 1.807) is 81.0 Å². The largest absolute Gasteiger partial charge is 0.497 e. The van der Waals surface area contributed by atoms with Crippen LogP contribution < -0.4 is 14.2 Å². The van der Waals surface area contributed by atoms with Gasteiger partial charge in [-0.05, 0) is 60.7 Å². The monoisotopic (exact) mass is 504 g/mol. The highest BCUT2D eigenvalue weighted by molar-refractivity contribution is 6.10. The van der Waals surface area contributed by atoms with Crippen molar-refractivity contribution in [2.45, 2.75) is 0 Å². The predicted molar refractivity (Wildman–Crippen MR) is 146 cm³/mol. The van der Waals surface area contributed by atoms with Gasteiger partial charge < -0.3 is 18.6 Å². The number of allylic oxidation sites excluding steroid dienone is 1. The lowest BCUT2D eigenvalue weighted by Gasteiger charge is -2.08.